The molecule has 0 bridgehead atoms. The number of halogens is 1. The van der Waals surface area contributed by atoms with Crippen LogP contribution in [0.4, 0.5) is 0 Å². The Hall–Kier alpha value is -0.820. The standard InChI is InChI=1S/C13H19ClN2O3S/c1-9-6-12(19-3)11(14)7-13(9)20(17,18)16(2)10-4-5-15-8-10/h6-7,10,15H,4-5,8H2,1-3H3. The van der Waals surface area contributed by atoms with Crippen molar-refractivity contribution >= 4 is 21.6 Å². The van der Waals surface area contributed by atoms with Crippen molar-refractivity contribution in [2.75, 3.05) is 27.2 Å². The Morgan fingerprint density at radius 1 is 1.45 bits per heavy atom. The highest BCUT2D eigenvalue weighted by Crippen LogP contribution is 2.32. The summed E-state index contributed by atoms with van der Waals surface area (Å²) in [4.78, 5) is 0.234. The molecule has 1 heterocycles. The summed E-state index contributed by atoms with van der Waals surface area (Å²) in [7, 11) is -0.426. The van der Waals surface area contributed by atoms with Gasteiger partial charge in [-0.1, -0.05) is 11.6 Å². The van der Waals surface area contributed by atoms with Crippen LogP contribution in [0.2, 0.25) is 5.02 Å². The zero-order chi connectivity index (χ0) is 14.9. The molecule has 1 N–H and O–H groups in total. The van der Waals surface area contributed by atoms with E-state index in [2.05, 4.69) is 5.32 Å². The topological polar surface area (TPSA) is 58.6 Å². The van der Waals surface area contributed by atoms with Crippen molar-refractivity contribution in [3.63, 3.8) is 0 Å². The number of benzene rings is 1. The molecule has 0 spiro atoms. The minimum Gasteiger partial charge on any atom is -0.495 e. The molecule has 1 aliphatic rings. The zero-order valence-corrected chi connectivity index (χ0v) is 13.4. The minimum atomic E-state index is -3.55. The Morgan fingerprint density at radius 2 is 2.15 bits per heavy atom. The van der Waals surface area contributed by atoms with E-state index in [0.29, 0.717) is 22.9 Å². The predicted octanol–water partition coefficient (Wildman–Crippen LogP) is 1.64. The summed E-state index contributed by atoms with van der Waals surface area (Å²) >= 11 is 6.05. The number of nitrogens with one attached hydrogen (secondary N) is 1. The van der Waals surface area contributed by atoms with E-state index < -0.39 is 10.0 Å². The zero-order valence-electron chi connectivity index (χ0n) is 11.8. The number of likely N-dealkylation sites (N-methyl/N-ethyl adjacent to an activating group) is 1. The van der Waals surface area contributed by atoms with Gasteiger partial charge in [0.05, 0.1) is 17.0 Å². The molecule has 5 nitrogen and oxygen atoms in total. The Bertz CT molecular complexity index is 598. The summed E-state index contributed by atoms with van der Waals surface area (Å²) in [6.07, 6.45) is 0.818. The molecule has 112 valence electrons. The third-order valence-corrected chi connectivity index (χ3v) is 6.00. The first kappa shape index (κ1) is 15.6. The van der Waals surface area contributed by atoms with E-state index in [1.807, 2.05) is 0 Å². The second kappa shape index (κ2) is 5.89. The van der Waals surface area contributed by atoms with Gasteiger partial charge < -0.3 is 10.1 Å². The van der Waals surface area contributed by atoms with Crippen molar-refractivity contribution in [3.8, 4) is 5.75 Å². The van der Waals surface area contributed by atoms with Gasteiger partial charge in [-0.2, -0.15) is 4.31 Å². The van der Waals surface area contributed by atoms with E-state index in [4.69, 9.17) is 16.3 Å². The quantitative estimate of drug-likeness (QED) is 0.917. The highest BCUT2D eigenvalue weighted by Gasteiger charge is 2.31. The van der Waals surface area contributed by atoms with Gasteiger partial charge >= 0.3 is 0 Å². The van der Waals surface area contributed by atoms with E-state index in [1.165, 1.54) is 17.5 Å². The van der Waals surface area contributed by atoms with Gasteiger partial charge in [0, 0.05) is 19.6 Å². The van der Waals surface area contributed by atoms with Gasteiger partial charge in [0.2, 0.25) is 10.0 Å². The lowest BCUT2D eigenvalue weighted by Gasteiger charge is -2.24. The van der Waals surface area contributed by atoms with Crippen molar-refractivity contribution in [1.29, 1.82) is 0 Å². The lowest BCUT2D eigenvalue weighted by atomic mass is 10.2. The van der Waals surface area contributed by atoms with Gasteiger partial charge in [0.1, 0.15) is 5.75 Å². The molecule has 1 unspecified atom stereocenters. The Kier molecular flexibility index (Phi) is 4.59. The normalized spacial score (nSPS) is 19.6. The maximum atomic E-state index is 12.7. The molecule has 1 aromatic rings. The number of aryl methyl sites for hydroxylation is 1. The van der Waals surface area contributed by atoms with Crippen molar-refractivity contribution in [2.24, 2.45) is 0 Å². The fraction of sp³-hybridized carbons (Fsp3) is 0.538. The second-order valence-electron chi connectivity index (χ2n) is 4.92. The largest absolute Gasteiger partial charge is 0.495 e. The van der Waals surface area contributed by atoms with E-state index in [1.54, 1.807) is 20.0 Å². The fourth-order valence-corrected chi connectivity index (χ4v) is 4.29. The van der Waals surface area contributed by atoms with Crippen molar-refractivity contribution in [1.82, 2.24) is 9.62 Å². The van der Waals surface area contributed by atoms with Crippen LogP contribution < -0.4 is 10.1 Å². The molecular weight excluding hydrogens is 300 g/mol. The van der Waals surface area contributed by atoms with Gasteiger partial charge in [0.15, 0.2) is 0 Å². The van der Waals surface area contributed by atoms with Crippen LogP contribution in [0.1, 0.15) is 12.0 Å². The number of nitrogens with zero attached hydrogens (tertiary/aromatic N) is 1. The average Bonchev–Trinajstić information content (AvgIpc) is 2.93. The van der Waals surface area contributed by atoms with Gasteiger partial charge in [0.25, 0.3) is 0 Å². The van der Waals surface area contributed by atoms with Crippen LogP contribution >= 0.6 is 11.6 Å². The van der Waals surface area contributed by atoms with Crippen LogP contribution in [-0.2, 0) is 10.0 Å². The summed E-state index contributed by atoms with van der Waals surface area (Å²) in [6.45, 7) is 3.26. The Morgan fingerprint density at radius 3 is 2.70 bits per heavy atom. The number of hydrogen-bond acceptors (Lipinski definition) is 4. The molecule has 1 fully saturated rings. The minimum absolute atomic E-state index is 0.0136. The first-order valence-corrected chi connectivity index (χ1v) is 8.22. The van der Waals surface area contributed by atoms with E-state index in [0.717, 1.165) is 13.0 Å². The molecule has 1 atom stereocenters. The smallest absolute Gasteiger partial charge is 0.243 e. The van der Waals surface area contributed by atoms with Crippen LogP contribution in [0.5, 0.6) is 5.75 Å². The molecule has 0 radical (unpaired) electrons. The average molecular weight is 319 g/mol. The molecule has 1 aromatic carbocycles. The lowest BCUT2D eigenvalue weighted by molar-refractivity contribution is 0.387. The summed E-state index contributed by atoms with van der Waals surface area (Å²) in [5, 5.41) is 3.47. The monoisotopic (exact) mass is 318 g/mol. The summed E-state index contributed by atoms with van der Waals surface area (Å²) in [5.41, 5.74) is 0.629. The molecule has 1 aliphatic heterocycles. The second-order valence-corrected chi connectivity index (χ2v) is 7.29. The van der Waals surface area contributed by atoms with Crippen LogP contribution in [0.15, 0.2) is 17.0 Å². The van der Waals surface area contributed by atoms with Gasteiger partial charge in [-0.05, 0) is 37.6 Å². The number of ether oxygens (including phenoxy) is 1. The van der Waals surface area contributed by atoms with Crippen LogP contribution in [0, 0.1) is 6.92 Å². The van der Waals surface area contributed by atoms with E-state index in [9.17, 15) is 8.42 Å². The van der Waals surface area contributed by atoms with Crippen LogP contribution in [0.3, 0.4) is 0 Å². The van der Waals surface area contributed by atoms with E-state index >= 15 is 0 Å². The third-order valence-electron chi connectivity index (χ3n) is 3.65. The SMILES string of the molecule is COc1cc(C)c(S(=O)(=O)N(C)C2CCNC2)cc1Cl. The first-order valence-electron chi connectivity index (χ1n) is 6.41. The summed E-state index contributed by atoms with van der Waals surface area (Å²) < 4.78 is 31.9. The fourth-order valence-electron chi connectivity index (χ4n) is 2.37. The molecule has 7 heteroatoms. The summed E-state index contributed by atoms with van der Waals surface area (Å²) in [6, 6.07) is 3.10. The Balaban J connectivity index is 2.41. The molecule has 20 heavy (non-hydrogen) atoms. The van der Waals surface area contributed by atoms with Crippen LogP contribution in [-0.4, -0.2) is 46.0 Å². The maximum absolute atomic E-state index is 12.7. The Labute approximate surface area is 124 Å². The van der Waals surface area contributed by atoms with Crippen molar-refractivity contribution < 1.29 is 13.2 Å². The number of rotatable bonds is 4. The molecule has 0 amide bonds. The third kappa shape index (κ3) is 2.79. The first-order chi connectivity index (χ1) is 9.37. The van der Waals surface area contributed by atoms with Gasteiger partial charge in [-0.25, -0.2) is 8.42 Å². The highest BCUT2D eigenvalue weighted by molar-refractivity contribution is 7.89. The van der Waals surface area contributed by atoms with Crippen molar-refractivity contribution in [2.45, 2.75) is 24.3 Å². The molecule has 1 saturated heterocycles. The molecular formula is C13H19ClN2O3S. The molecule has 0 aliphatic carbocycles. The molecule has 0 aromatic heterocycles. The number of sulfonamides is 1. The van der Waals surface area contributed by atoms with Gasteiger partial charge in [-0.15, -0.1) is 0 Å². The number of methoxy groups -OCH3 is 1. The maximum Gasteiger partial charge on any atom is 0.243 e. The number of hydrogen-bond donors (Lipinski definition) is 1. The molecule has 0 saturated carbocycles. The lowest BCUT2D eigenvalue weighted by Crippen LogP contribution is -2.38. The van der Waals surface area contributed by atoms with Gasteiger partial charge in [-0.3, -0.25) is 0 Å². The van der Waals surface area contributed by atoms with E-state index in [-0.39, 0.29) is 10.9 Å². The van der Waals surface area contributed by atoms with Crippen LogP contribution in [0.25, 0.3) is 0 Å². The highest BCUT2D eigenvalue weighted by atomic mass is 35.5. The summed E-state index contributed by atoms with van der Waals surface area (Å²) in [5.74, 6) is 0.480. The molecule has 2 rings (SSSR count). The predicted molar refractivity (Wildman–Crippen MR) is 79.0 cm³/mol. The van der Waals surface area contributed by atoms with Crippen molar-refractivity contribution in [3.05, 3.63) is 22.7 Å².